The number of nitrogens with one attached hydrogen (secondary N) is 1. The molecule has 0 aromatic carbocycles. The van der Waals surface area contributed by atoms with Gasteiger partial charge in [0.2, 0.25) is 5.95 Å². The Morgan fingerprint density at radius 3 is 2.79 bits per heavy atom. The van der Waals surface area contributed by atoms with Crippen molar-refractivity contribution in [2.75, 3.05) is 5.32 Å². The molecular weight excluding hydrogens is 198 g/mol. The Kier molecular flexibility index (Phi) is 2.64. The minimum absolute atomic E-state index is 0.0798. The van der Waals surface area contributed by atoms with Crippen LogP contribution in [0.4, 0.5) is 5.95 Å². The predicted molar refractivity (Wildman–Crippen MR) is 54.0 cm³/mol. The monoisotopic (exact) mass is 207 g/mol. The lowest BCUT2D eigenvalue weighted by Crippen LogP contribution is -2.09. The van der Waals surface area contributed by atoms with E-state index in [9.17, 15) is 0 Å². The summed E-state index contributed by atoms with van der Waals surface area (Å²) in [5.74, 6) is 0.605. The summed E-state index contributed by atoms with van der Waals surface area (Å²) in [6.07, 6.45) is 3.39. The lowest BCUT2D eigenvalue weighted by atomic mass is 10.3. The highest BCUT2D eigenvalue weighted by Crippen LogP contribution is 2.14. The van der Waals surface area contributed by atoms with Crippen LogP contribution < -0.4 is 5.32 Å². The SMILES string of the molecule is CC(Nc1ncccn1)c1csnn1. The smallest absolute Gasteiger partial charge is 0.223 e. The van der Waals surface area contributed by atoms with E-state index in [1.807, 2.05) is 12.3 Å². The zero-order valence-electron chi connectivity index (χ0n) is 7.58. The van der Waals surface area contributed by atoms with Gasteiger partial charge in [0.25, 0.3) is 0 Å². The maximum absolute atomic E-state index is 4.06. The van der Waals surface area contributed by atoms with E-state index in [-0.39, 0.29) is 6.04 Å². The molecule has 0 saturated carbocycles. The van der Waals surface area contributed by atoms with E-state index in [0.29, 0.717) is 5.95 Å². The second-order valence-corrected chi connectivity index (χ2v) is 3.38. The summed E-state index contributed by atoms with van der Waals surface area (Å²) >= 11 is 1.34. The van der Waals surface area contributed by atoms with Crippen molar-refractivity contribution in [2.24, 2.45) is 0 Å². The maximum atomic E-state index is 4.06. The van der Waals surface area contributed by atoms with E-state index < -0.39 is 0 Å². The number of hydrogen-bond acceptors (Lipinski definition) is 6. The van der Waals surface area contributed by atoms with Gasteiger partial charge in [-0.25, -0.2) is 9.97 Å². The van der Waals surface area contributed by atoms with Crippen molar-refractivity contribution in [3.8, 4) is 0 Å². The molecule has 6 heteroatoms. The maximum Gasteiger partial charge on any atom is 0.223 e. The van der Waals surface area contributed by atoms with Gasteiger partial charge in [-0.3, -0.25) is 0 Å². The molecule has 2 heterocycles. The minimum atomic E-state index is 0.0798. The third-order valence-corrected chi connectivity index (χ3v) is 2.25. The topological polar surface area (TPSA) is 63.6 Å². The summed E-state index contributed by atoms with van der Waals surface area (Å²) in [7, 11) is 0. The fourth-order valence-corrected chi connectivity index (χ4v) is 1.55. The molecule has 14 heavy (non-hydrogen) atoms. The average molecular weight is 207 g/mol. The van der Waals surface area contributed by atoms with Crippen LogP contribution in [0.1, 0.15) is 18.7 Å². The van der Waals surface area contributed by atoms with Gasteiger partial charge in [-0.05, 0) is 24.5 Å². The Hall–Kier alpha value is -1.56. The number of nitrogens with zero attached hydrogens (tertiary/aromatic N) is 4. The van der Waals surface area contributed by atoms with Gasteiger partial charge in [-0.15, -0.1) is 5.10 Å². The summed E-state index contributed by atoms with van der Waals surface area (Å²) in [5.41, 5.74) is 0.905. The molecule has 72 valence electrons. The first kappa shape index (κ1) is 9.01. The summed E-state index contributed by atoms with van der Waals surface area (Å²) in [6, 6.07) is 1.86. The van der Waals surface area contributed by atoms with Crippen molar-refractivity contribution in [1.29, 1.82) is 0 Å². The lowest BCUT2D eigenvalue weighted by Gasteiger charge is -2.09. The van der Waals surface area contributed by atoms with Crippen LogP contribution in [0.2, 0.25) is 0 Å². The molecule has 0 aliphatic heterocycles. The van der Waals surface area contributed by atoms with Crippen LogP contribution in [0.15, 0.2) is 23.8 Å². The van der Waals surface area contributed by atoms with E-state index in [2.05, 4.69) is 24.9 Å². The van der Waals surface area contributed by atoms with Crippen LogP contribution in [-0.2, 0) is 0 Å². The molecule has 0 saturated heterocycles. The average Bonchev–Trinajstić information content (AvgIpc) is 2.72. The van der Waals surface area contributed by atoms with E-state index in [1.54, 1.807) is 18.5 Å². The summed E-state index contributed by atoms with van der Waals surface area (Å²) < 4.78 is 3.80. The van der Waals surface area contributed by atoms with Crippen LogP contribution in [0, 0.1) is 0 Å². The van der Waals surface area contributed by atoms with Crippen LogP contribution in [-0.4, -0.2) is 19.6 Å². The Bertz CT molecular complexity index is 374. The van der Waals surface area contributed by atoms with Gasteiger partial charge in [-0.1, -0.05) is 4.49 Å². The third-order valence-electron chi connectivity index (χ3n) is 1.73. The highest BCUT2D eigenvalue weighted by molar-refractivity contribution is 7.03. The number of anilines is 1. The fraction of sp³-hybridized carbons (Fsp3) is 0.250. The minimum Gasteiger partial charge on any atom is -0.346 e. The second-order valence-electron chi connectivity index (χ2n) is 2.77. The molecule has 0 aliphatic rings. The van der Waals surface area contributed by atoms with Crippen molar-refractivity contribution >= 4 is 17.5 Å². The third kappa shape index (κ3) is 2.02. The highest BCUT2D eigenvalue weighted by Gasteiger charge is 2.08. The molecule has 2 aromatic heterocycles. The first-order chi connectivity index (χ1) is 6.86. The normalized spacial score (nSPS) is 12.4. The van der Waals surface area contributed by atoms with Gasteiger partial charge >= 0.3 is 0 Å². The molecule has 2 aromatic rings. The Morgan fingerprint density at radius 1 is 1.36 bits per heavy atom. The summed E-state index contributed by atoms with van der Waals surface area (Å²) in [4.78, 5) is 8.12. The number of rotatable bonds is 3. The Labute approximate surface area is 85.4 Å². The highest BCUT2D eigenvalue weighted by atomic mass is 32.1. The molecule has 1 atom stereocenters. The van der Waals surface area contributed by atoms with E-state index >= 15 is 0 Å². The van der Waals surface area contributed by atoms with Gasteiger partial charge in [0.15, 0.2) is 0 Å². The first-order valence-corrected chi connectivity index (χ1v) is 5.00. The Balaban J connectivity index is 2.06. The van der Waals surface area contributed by atoms with Gasteiger partial charge in [-0.2, -0.15) is 0 Å². The molecular formula is C8H9N5S. The van der Waals surface area contributed by atoms with Crippen LogP contribution in [0.3, 0.4) is 0 Å². The van der Waals surface area contributed by atoms with Gasteiger partial charge < -0.3 is 5.32 Å². The van der Waals surface area contributed by atoms with Gasteiger partial charge in [0.1, 0.15) is 0 Å². The Morgan fingerprint density at radius 2 is 2.14 bits per heavy atom. The fourth-order valence-electron chi connectivity index (χ4n) is 1.00. The first-order valence-electron chi connectivity index (χ1n) is 4.17. The predicted octanol–water partition coefficient (Wildman–Crippen LogP) is 1.50. The van der Waals surface area contributed by atoms with E-state index in [0.717, 1.165) is 5.69 Å². The van der Waals surface area contributed by atoms with Crippen LogP contribution >= 0.6 is 11.5 Å². The van der Waals surface area contributed by atoms with Crippen molar-refractivity contribution in [2.45, 2.75) is 13.0 Å². The number of hydrogen-bond donors (Lipinski definition) is 1. The lowest BCUT2D eigenvalue weighted by molar-refractivity contribution is 0.812. The molecule has 1 unspecified atom stereocenters. The van der Waals surface area contributed by atoms with E-state index in [4.69, 9.17) is 0 Å². The summed E-state index contributed by atoms with van der Waals surface area (Å²) in [5, 5.41) is 8.99. The molecule has 0 radical (unpaired) electrons. The quantitative estimate of drug-likeness (QED) is 0.826. The molecule has 0 amide bonds. The van der Waals surface area contributed by atoms with Crippen LogP contribution in [0.5, 0.6) is 0 Å². The van der Waals surface area contributed by atoms with E-state index in [1.165, 1.54) is 11.5 Å². The molecule has 0 bridgehead atoms. The van der Waals surface area contributed by atoms with Crippen LogP contribution in [0.25, 0.3) is 0 Å². The van der Waals surface area contributed by atoms with Gasteiger partial charge in [0.05, 0.1) is 11.7 Å². The zero-order chi connectivity index (χ0) is 9.80. The van der Waals surface area contributed by atoms with Gasteiger partial charge in [0, 0.05) is 17.8 Å². The largest absolute Gasteiger partial charge is 0.346 e. The molecule has 0 aliphatic carbocycles. The molecule has 0 fully saturated rings. The van der Waals surface area contributed by atoms with Crippen molar-refractivity contribution in [3.63, 3.8) is 0 Å². The standard InChI is InChI=1S/C8H9N5S/c1-6(7-5-14-13-12-7)11-8-9-3-2-4-10-8/h2-6H,1H3,(H,9,10,11). The number of aromatic nitrogens is 4. The van der Waals surface area contributed by atoms with Crippen molar-refractivity contribution < 1.29 is 0 Å². The second kappa shape index (κ2) is 4.10. The molecule has 0 spiro atoms. The van der Waals surface area contributed by atoms with Crippen molar-refractivity contribution in [1.82, 2.24) is 19.6 Å². The molecule has 2 rings (SSSR count). The zero-order valence-corrected chi connectivity index (χ0v) is 8.40. The van der Waals surface area contributed by atoms with Crippen molar-refractivity contribution in [3.05, 3.63) is 29.5 Å². The molecule has 1 N–H and O–H groups in total. The summed E-state index contributed by atoms with van der Waals surface area (Å²) in [6.45, 7) is 1.99. The molecule has 5 nitrogen and oxygen atoms in total.